The quantitative estimate of drug-likeness (QED) is 0.625. The van der Waals surface area contributed by atoms with Gasteiger partial charge in [0.05, 0.1) is 6.61 Å². The van der Waals surface area contributed by atoms with Gasteiger partial charge in [-0.1, -0.05) is 13.8 Å². The Kier molecular flexibility index (Phi) is 6.87. The molecular formula is C14H25N5O2. The van der Waals surface area contributed by atoms with Crippen LogP contribution in [0.4, 0.5) is 11.6 Å². The molecule has 0 saturated carbocycles. The summed E-state index contributed by atoms with van der Waals surface area (Å²) in [6, 6.07) is 1.40. The Labute approximate surface area is 125 Å². The van der Waals surface area contributed by atoms with Crippen molar-refractivity contribution >= 4 is 17.5 Å². The van der Waals surface area contributed by atoms with Crippen molar-refractivity contribution in [2.45, 2.75) is 32.7 Å². The van der Waals surface area contributed by atoms with Gasteiger partial charge >= 0.3 is 0 Å². The largest absolute Gasteiger partial charge is 0.383 e. The first-order valence-electron chi connectivity index (χ1n) is 7.07. The van der Waals surface area contributed by atoms with Gasteiger partial charge in [-0.25, -0.2) is 9.97 Å². The summed E-state index contributed by atoms with van der Waals surface area (Å²) < 4.78 is 4.90. The van der Waals surface area contributed by atoms with E-state index in [0.717, 1.165) is 11.6 Å². The Morgan fingerprint density at radius 1 is 1.29 bits per heavy atom. The predicted octanol–water partition coefficient (Wildman–Crippen LogP) is 1.20. The lowest BCUT2D eigenvalue weighted by molar-refractivity contribution is -0.121. The Hall–Kier alpha value is -1.89. The van der Waals surface area contributed by atoms with E-state index >= 15 is 0 Å². The second-order valence-corrected chi connectivity index (χ2v) is 5.05. The van der Waals surface area contributed by atoms with E-state index in [2.05, 4.69) is 25.9 Å². The molecule has 3 N–H and O–H groups in total. The van der Waals surface area contributed by atoms with E-state index in [1.807, 2.05) is 13.8 Å². The number of carbonyl (C=O) groups excluding carboxylic acids is 1. The van der Waals surface area contributed by atoms with E-state index in [4.69, 9.17) is 4.74 Å². The van der Waals surface area contributed by atoms with Crippen LogP contribution < -0.4 is 16.0 Å². The van der Waals surface area contributed by atoms with Gasteiger partial charge in [0, 0.05) is 32.7 Å². The van der Waals surface area contributed by atoms with Crippen LogP contribution in [0.2, 0.25) is 0 Å². The van der Waals surface area contributed by atoms with E-state index in [0.29, 0.717) is 19.0 Å². The summed E-state index contributed by atoms with van der Waals surface area (Å²) >= 11 is 0. The number of hydrogen-bond acceptors (Lipinski definition) is 6. The molecule has 21 heavy (non-hydrogen) atoms. The van der Waals surface area contributed by atoms with Crippen molar-refractivity contribution in [2.75, 3.05) is 37.9 Å². The van der Waals surface area contributed by atoms with Crippen LogP contribution in [0.15, 0.2) is 6.07 Å². The first-order chi connectivity index (χ1) is 9.97. The lowest BCUT2D eigenvalue weighted by Gasteiger charge is -2.16. The highest BCUT2D eigenvalue weighted by Gasteiger charge is 2.14. The first-order valence-corrected chi connectivity index (χ1v) is 7.07. The van der Waals surface area contributed by atoms with Crippen LogP contribution in [0.25, 0.3) is 0 Å². The minimum atomic E-state index is -0.388. The van der Waals surface area contributed by atoms with Gasteiger partial charge < -0.3 is 20.7 Å². The molecule has 0 bridgehead atoms. The molecular weight excluding hydrogens is 270 g/mol. The van der Waals surface area contributed by atoms with Crippen LogP contribution in [-0.4, -0.2) is 49.2 Å². The number of carbonyl (C=O) groups is 1. The Bertz CT molecular complexity index is 465. The summed E-state index contributed by atoms with van der Waals surface area (Å²) in [6.07, 6.45) is 0. The minimum Gasteiger partial charge on any atom is -0.383 e. The number of methoxy groups -OCH3 is 1. The molecule has 7 heteroatoms. The molecule has 1 aromatic heterocycles. The summed E-state index contributed by atoms with van der Waals surface area (Å²) in [6.45, 7) is 6.83. The van der Waals surface area contributed by atoms with Gasteiger partial charge in [0.1, 0.15) is 23.5 Å². The predicted molar refractivity (Wildman–Crippen MR) is 83.6 cm³/mol. The molecule has 0 aromatic carbocycles. The lowest BCUT2D eigenvalue weighted by atomic mass is 10.2. The SMILES string of the molecule is CNc1cc(NC(C)C(=O)NCCOC)nc(C(C)C)n1. The molecule has 1 amide bonds. The van der Waals surface area contributed by atoms with Crippen molar-refractivity contribution < 1.29 is 9.53 Å². The fraction of sp³-hybridized carbons (Fsp3) is 0.643. The Balaban J connectivity index is 2.72. The van der Waals surface area contributed by atoms with Crippen LogP contribution in [0.1, 0.15) is 32.5 Å². The van der Waals surface area contributed by atoms with Crippen LogP contribution in [0.5, 0.6) is 0 Å². The van der Waals surface area contributed by atoms with Crippen LogP contribution in [0, 0.1) is 0 Å². The third-order valence-electron chi connectivity index (χ3n) is 2.88. The summed E-state index contributed by atoms with van der Waals surface area (Å²) in [5.41, 5.74) is 0. The summed E-state index contributed by atoms with van der Waals surface area (Å²) in [4.78, 5) is 20.7. The number of anilines is 2. The van der Waals surface area contributed by atoms with Gasteiger partial charge in [-0.2, -0.15) is 0 Å². The molecule has 0 saturated heterocycles. The van der Waals surface area contributed by atoms with Crippen molar-refractivity contribution in [1.29, 1.82) is 0 Å². The average Bonchev–Trinajstić information content (AvgIpc) is 2.46. The maximum absolute atomic E-state index is 11.9. The molecule has 1 rings (SSSR count). The van der Waals surface area contributed by atoms with E-state index < -0.39 is 0 Å². The number of ether oxygens (including phenoxy) is 1. The van der Waals surface area contributed by atoms with Gasteiger partial charge in [-0.05, 0) is 6.92 Å². The summed E-state index contributed by atoms with van der Waals surface area (Å²) in [5, 5.41) is 8.88. The van der Waals surface area contributed by atoms with Crippen molar-refractivity contribution in [2.24, 2.45) is 0 Å². The number of aromatic nitrogens is 2. The molecule has 1 heterocycles. The number of hydrogen-bond donors (Lipinski definition) is 3. The summed E-state index contributed by atoms with van der Waals surface area (Å²) in [5.74, 6) is 2.21. The minimum absolute atomic E-state index is 0.0947. The van der Waals surface area contributed by atoms with Gasteiger partial charge in [-0.15, -0.1) is 0 Å². The van der Waals surface area contributed by atoms with Gasteiger partial charge in [0.25, 0.3) is 0 Å². The van der Waals surface area contributed by atoms with Crippen LogP contribution in [0.3, 0.4) is 0 Å². The summed E-state index contributed by atoms with van der Waals surface area (Å²) in [7, 11) is 3.40. The highest BCUT2D eigenvalue weighted by molar-refractivity contribution is 5.83. The van der Waals surface area contributed by atoms with E-state index in [1.165, 1.54) is 0 Å². The average molecular weight is 295 g/mol. The van der Waals surface area contributed by atoms with Crippen LogP contribution in [-0.2, 0) is 9.53 Å². The molecule has 0 aliphatic heterocycles. The number of nitrogens with one attached hydrogen (secondary N) is 3. The maximum atomic E-state index is 11.9. The number of rotatable bonds is 8. The normalized spacial score (nSPS) is 12.1. The maximum Gasteiger partial charge on any atom is 0.242 e. The number of nitrogens with zero attached hydrogens (tertiary/aromatic N) is 2. The van der Waals surface area contributed by atoms with Gasteiger partial charge in [0.2, 0.25) is 5.91 Å². The molecule has 0 spiro atoms. The fourth-order valence-electron chi connectivity index (χ4n) is 1.64. The highest BCUT2D eigenvalue weighted by atomic mass is 16.5. The van der Waals surface area contributed by atoms with Crippen molar-refractivity contribution in [3.8, 4) is 0 Å². The second-order valence-electron chi connectivity index (χ2n) is 5.05. The zero-order valence-electron chi connectivity index (χ0n) is 13.4. The molecule has 1 aromatic rings. The molecule has 0 aliphatic carbocycles. The molecule has 7 nitrogen and oxygen atoms in total. The van der Waals surface area contributed by atoms with E-state index in [1.54, 1.807) is 27.1 Å². The second kappa shape index (κ2) is 8.41. The third kappa shape index (κ3) is 5.55. The van der Waals surface area contributed by atoms with Gasteiger partial charge in [0.15, 0.2) is 0 Å². The standard InChI is InChI=1S/C14H25N5O2/c1-9(2)13-18-11(15-4)8-12(19-13)17-10(3)14(20)16-6-7-21-5/h8-10H,6-7H2,1-5H3,(H,16,20)(H2,15,17,18,19). The molecule has 1 atom stereocenters. The van der Waals surface area contributed by atoms with E-state index in [9.17, 15) is 4.79 Å². The zero-order valence-corrected chi connectivity index (χ0v) is 13.4. The van der Waals surface area contributed by atoms with Crippen molar-refractivity contribution in [3.63, 3.8) is 0 Å². The topological polar surface area (TPSA) is 88.2 Å². The molecule has 118 valence electrons. The van der Waals surface area contributed by atoms with E-state index in [-0.39, 0.29) is 17.9 Å². The van der Waals surface area contributed by atoms with Crippen LogP contribution >= 0.6 is 0 Å². The molecule has 0 radical (unpaired) electrons. The van der Waals surface area contributed by atoms with Crippen molar-refractivity contribution in [3.05, 3.63) is 11.9 Å². The Morgan fingerprint density at radius 3 is 2.52 bits per heavy atom. The highest BCUT2D eigenvalue weighted by Crippen LogP contribution is 2.17. The zero-order chi connectivity index (χ0) is 15.8. The molecule has 0 aliphatic rings. The first kappa shape index (κ1) is 17.2. The van der Waals surface area contributed by atoms with Crippen molar-refractivity contribution in [1.82, 2.24) is 15.3 Å². The monoisotopic (exact) mass is 295 g/mol. The lowest BCUT2D eigenvalue weighted by Crippen LogP contribution is -2.39. The van der Waals surface area contributed by atoms with Gasteiger partial charge in [-0.3, -0.25) is 4.79 Å². The third-order valence-corrected chi connectivity index (χ3v) is 2.88. The molecule has 1 unspecified atom stereocenters. The smallest absolute Gasteiger partial charge is 0.242 e. The molecule has 0 fully saturated rings. The number of amides is 1. The Morgan fingerprint density at radius 2 is 1.95 bits per heavy atom. The fourth-order valence-corrected chi connectivity index (χ4v) is 1.64.